The van der Waals surface area contributed by atoms with Gasteiger partial charge in [-0.2, -0.15) is 0 Å². The summed E-state index contributed by atoms with van der Waals surface area (Å²) in [4.78, 5) is 13.0. The molecule has 21 heavy (non-hydrogen) atoms. The van der Waals surface area contributed by atoms with Gasteiger partial charge in [-0.3, -0.25) is 0 Å². The van der Waals surface area contributed by atoms with Gasteiger partial charge >= 0.3 is 0 Å². The van der Waals surface area contributed by atoms with Gasteiger partial charge in [0, 0.05) is 13.0 Å². The number of aryl methyl sites for hydroxylation is 1. The summed E-state index contributed by atoms with van der Waals surface area (Å²) in [7, 11) is 0. The molecule has 1 fully saturated rings. The molecule has 0 aliphatic carbocycles. The maximum atomic E-state index is 5.70. The highest BCUT2D eigenvalue weighted by atomic mass is 32.1. The quantitative estimate of drug-likeness (QED) is 0.866. The molecule has 3 rings (SSSR count). The Morgan fingerprint density at radius 3 is 3.05 bits per heavy atom. The van der Waals surface area contributed by atoms with Gasteiger partial charge in [0.05, 0.1) is 24.6 Å². The largest absolute Gasteiger partial charge is 0.377 e. The third-order valence-corrected chi connectivity index (χ3v) is 4.72. The highest BCUT2D eigenvalue weighted by Gasteiger charge is 2.27. The Morgan fingerprint density at radius 1 is 1.43 bits per heavy atom. The third-order valence-electron chi connectivity index (χ3n) is 3.91. The predicted octanol–water partition coefficient (Wildman–Crippen LogP) is 3.51. The van der Waals surface area contributed by atoms with Crippen molar-refractivity contribution < 1.29 is 4.74 Å². The monoisotopic (exact) mass is 305 g/mol. The van der Waals surface area contributed by atoms with Crippen molar-refractivity contribution in [3.05, 3.63) is 17.3 Å². The van der Waals surface area contributed by atoms with Crippen molar-refractivity contribution in [3.8, 4) is 0 Å². The van der Waals surface area contributed by atoms with Crippen LogP contribution in [0.2, 0.25) is 0 Å². The maximum absolute atomic E-state index is 5.70. The van der Waals surface area contributed by atoms with Crippen LogP contribution in [0.4, 0.5) is 5.82 Å². The Kier molecular flexibility index (Phi) is 4.40. The van der Waals surface area contributed by atoms with Gasteiger partial charge in [-0.15, -0.1) is 11.3 Å². The normalized spacial score (nSPS) is 19.6. The molecule has 0 radical (unpaired) electrons. The first-order valence-electron chi connectivity index (χ1n) is 7.77. The van der Waals surface area contributed by atoms with Gasteiger partial charge in [0.2, 0.25) is 0 Å². The summed E-state index contributed by atoms with van der Waals surface area (Å²) in [6, 6.07) is 2.57. The van der Waals surface area contributed by atoms with Crippen LogP contribution in [0.1, 0.15) is 33.0 Å². The minimum Gasteiger partial charge on any atom is -0.377 e. The Morgan fingerprint density at radius 2 is 2.29 bits per heavy atom. The Hall–Kier alpha value is -1.20. The molecule has 0 spiro atoms. The Labute approximate surface area is 130 Å². The van der Waals surface area contributed by atoms with E-state index < -0.39 is 0 Å². The number of fused-ring (bicyclic) bond motifs is 1. The molecule has 0 aromatic carbocycles. The fourth-order valence-electron chi connectivity index (χ4n) is 2.93. The SMILES string of the molecule is CCc1nc(N2CCOCC2CC(C)C)c2ccsc2n1. The third kappa shape index (κ3) is 3.04. The van der Waals surface area contributed by atoms with Crippen LogP contribution in [0, 0.1) is 5.92 Å². The van der Waals surface area contributed by atoms with Crippen molar-refractivity contribution in [1.82, 2.24) is 9.97 Å². The van der Waals surface area contributed by atoms with E-state index in [0.29, 0.717) is 12.0 Å². The number of morpholine rings is 1. The Bertz CT molecular complexity index is 611. The van der Waals surface area contributed by atoms with Crippen molar-refractivity contribution in [2.45, 2.75) is 39.7 Å². The summed E-state index contributed by atoms with van der Waals surface area (Å²) < 4.78 is 5.70. The van der Waals surface area contributed by atoms with Gasteiger partial charge in [0.25, 0.3) is 0 Å². The smallest absolute Gasteiger partial charge is 0.141 e. The van der Waals surface area contributed by atoms with Gasteiger partial charge in [0.1, 0.15) is 16.5 Å². The number of hydrogen-bond donors (Lipinski definition) is 0. The molecule has 2 aromatic heterocycles. The lowest BCUT2D eigenvalue weighted by Gasteiger charge is -2.37. The van der Waals surface area contributed by atoms with Gasteiger partial charge in [-0.25, -0.2) is 9.97 Å². The fourth-order valence-corrected chi connectivity index (χ4v) is 3.71. The van der Waals surface area contributed by atoms with E-state index in [0.717, 1.165) is 49.1 Å². The number of anilines is 1. The number of nitrogens with zero attached hydrogens (tertiary/aromatic N) is 3. The molecular formula is C16H23N3OS. The van der Waals surface area contributed by atoms with Crippen LogP contribution < -0.4 is 4.90 Å². The zero-order valence-electron chi connectivity index (χ0n) is 13.0. The van der Waals surface area contributed by atoms with Gasteiger partial charge < -0.3 is 9.64 Å². The number of thiophene rings is 1. The molecule has 5 heteroatoms. The van der Waals surface area contributed by atoms with E-state index in [4.69, 9.17) is 9.72 Å². The summed E-state index contributed by atoms with van der Waals surface area (Å²) in [5.41, 5.74) is 0. The van der Waals surface area contributed by atoms with E-state index >= 15 is 0 Å². The second kappa shape index (κ2) is 6.28. The number of hydrogen-bond acceptors (Lipinski definition) is 5. The first kappa shape index (κ1) is 14.7. The first-order chi connectivity index (χ1) is 10.2. The van der Waals surface area contributed by atoms with Crippen molar-refractivity contribution >= 4 is 27.4 Å². The molecule has 114 valence electrons. The molecule has 0 saturated carbocycles. The van der Waals surface area contributed by atoms with Crippen molar-refractivity contribution in [2.24, 2.45) is 5.92 Å². The van der Waals surface area contributed by atoms with Crippen LogP contribution in [0.15, 0.2) is 11.4 Å². The van der Waals surface area contributed by atoms with Crippen molar-refractivity contribution in [2.75, 3.05) is 24.7 Å². The van der Waals surface area contributed by atoms with E-state index in [1.54, 1.807) is 11.3 Å². The molecule has 1 unspecified atom stereocenters. The number of rotatable bonds is 4. The highest BCUT2D eigenvalue weighted by Crippen LogP contribution is 2.31. The molecule has 2 aromatic rings. The first-order valence-corrected chi connectivity index (χ1v) is 8.65. The minimum absolute atomic E-state index is 0.418. The lowest BCUT2D eigenvalue weighted by Crippen LogP contribution is -2.46. The van der Waals surface area contributed by atoms with Crippen LogP contribution in [-0.4, -0.2) is 35.8 Å². The molecule has 3 heterocycles. The molecule has 4 nitrogen and oxygen atoms in total. The van der Waals surface area contributed by atoms with Crippen LogP contribution in [0.3, 0.4) is 0 Å². The minimum atomic E-state index is 0.418. The zero-order chi connectivity index (χ0) is 14.8. The standard InChI is InChI=1S/C16H23N3OS/c1-4-14-17-15(13-5-8-21-16(13)18-14)19-6-7-20-10-12(19)9-11(2)3/h5,8,11-12H,4,6-7,9-10H2,1-3H3. The fraction of sp³-hybridized carbons (Fsp3) is 0.625. The van der Waals surface area contributed by atoms with Crippen molar-refractivity contribution in [3.63, 3.8) is 0 Å². The van der Waals surface area contributed by atoms with Crippen LogP contribution in [0.5, 0.6) is 0 Å². The molecule has 0 amide bonds. The van der Waals surface area contributed by atoms with E-state index in [2.05, 4.69) is 42.1 Å². The molecule has 1 aliphatic heterocycles. The van der Waals surface area contributed by atoms with E-state index in [-0.39, 0.29) is 0 Å². The van der Waals surface area contributed by atoms with Crippen LogP contribution >= 0.6 is 11.3 Å². The summed E-state index contributed by atoms with van der Waals surface area (Å²) in [5, 5.41) is 3.30. The summed E-state index contributed by atoms with van der Waals surface area (Å²) >= 11 is 1.70. The maximum Gasteiger partial charge on any atom is 0.141 e. The average Bonchev–Trinajstić information content (AvgIpc) is 2.94. The molecular weight excluding hydrogens is 282 g/mol. The number of ether oxygens (including phenoxy) is 1. The van der Waals surface area contributed by atoms with Crippen LogP contribution in [0.25, 0.3) is 10.2 Å². The molecule has 1 saturated heterocycles. The highest BCUT2D eigenvalue weighted by molar-refractivity contribution is 7.16. The van der Waals surface area contributed by atoms with Crippen LogP contribution in [-0.2, 0) is 11.2 Å². The zero-order valence-corrected chi connectivity index (χ0v) is 13.8. The van der Waals surface area contributed by atoms with E-state index in [1.165, 1.54) is 5.39 Å². The van der Waals surface area contributed by atoms with E-state index in [1.807, 2.05) is 0 Å². The molecule has 1 atom stereocenters. The lowest BCUT2D eigenvalue weighted by atomic mass is 10.0. The second-order valence-corrected chi connectivity index (χ2v) is 6.90. The summed E-state index contributed by atoms with van der Waals surface area (Å²) in [5.74, 6) is 2.70. The molecule has 1 aliphatic rings. The van der Waals surface area contributed by atoms with Crippen molar-refractivity contribution in [1.29, 1.82) is 0 Å². The summed E-state index contributed by atoms with van der Waals surface area (Å²) in [6.07, 6.45) is 2.01. The van der Waals surface area contributed by atoms with Gasteiger partial charge in [-0.1, -0.05) is 20.8 Å². The van der Waals surface area contributed by atoms with Gasteiger partial charge in [-0.05, 0) is 23.8 Å². The number of aromatic nitrogens is 2. The second-order valence-electron chi connectivity index (χ2n) is 6.01. The molecule has 0 N–H and O–H groups in total. The average molecular weight is 305 g/mol. The Balaban J connectivity index is 2.01. The molecule has 0 bridgehead atoms. The topological polar surface area (TPSA) is 38.2 Å². The van der Waals surface area contributed by atoms with E-state index in [9.17, 15) is 0 Å². The van der Waals surface area contributed by atoms with Gasteiger partial charge in [0.15, 0.2) is 0 Å². The summed E-state index contributed by atoms with van der Waals surface area (Å²) in [6.45, 7) is 9.15. The predicted molar refractivity (Wildman–Crippen MR) is 88.2 cm³/mol. The lowest BCUT2D eigenvalue weighted by molar-refractivity contribution is 0.0875.